The predicted octanol–water partition coefficient (Wildman–Crippen LogP) is 5.48. The Hall–Kier alpha value is -0.220. The molecule has 0 saturated heterocycles. The Kier molecular flexibility index (Phi) is 4.74. The van der Waals surface area contributed by atoms with Crippen LogP contribution < -0.4 is 4.74 Å². The lowest BCUT2D eigenvalue weighted by Crippen LogP contribution is -1.96. The van der Waals surface area contributed by atoms with Crippen molar-refractivity contribution in [2.75, 3.05) is 0 Å². The van der Waals surface area contributed by atoms with Gasteiger partial charge in [0.1, 0.15) is 12.4 Å². The third-order valence-electron chi connectivity index (χ3n) is 2.17. The fourth-order valence-corrected chi connectivity index (χ4v) is 3.21. The van der Waals surface area contributed by atoms with E-state index in [4.69, 9.17) is 27.9 Å². The molecule has 0 aliphatic heterocycles. The molecule has 1 aromatic heterocycles. The molecule has 1 heterocycles. The van der Waals surface area contributed by atoms with Crippen LogP contribution in [-0.2, 0) is 12.5 Å². The van der Waals surface area contributed by atoms with Gasteiger partial charge in [-0.3, -0.25) is 0 Å². The molecule has 1 aromatic carbocycles. The first-order chi connectivity index (χ1) is 8.20. The third kappa shape index (κ3) is 3.38. The summed E-state index contributed by atoms with van der Waals surface area (Å²) in [5.41, 5.74) is 0.912. The topological polar surface area (TPSA) is 9.23 Å². The second kappa shape index (κ2) is 6.10. The van der Waals surface area contributed by atoms with Gasteiger partial charge in [0.05, 0.1) is 10.9 Å². The van der Waals surface area contributed by atoms with Crippen molar-refractivity contribution in [2.45, 2.75) is 12.5 Å². The lowest BCUT2D eigenvalue weighted by atomic mass is 10.2. The largest absolute Gasteiger partial charge is 0.486 e. The molecule has 0 radical (unpaired) electrons. The van der Waals surface area contributed by atoms with Gasteiger partial charge in [-0.1, -0.05) is 23.7 Å². The minimum atomic E-state index is 0.393. The molecule has 0 fully saturated rings. The molecule has 0 N–H and O–H groups in total. The highest BCUT2D eigenvalue weighted by molar-refractivity contribution is 9.10. The van der Waals surface area contributed by atoms with E-state index in [1.54, 1.807) is 17.4 Å². The molecule has 2 rings (SSSR count). The van der Waals surface area contributed by atoms with Crippen LogP contribution >= 0.6 is 50.5 Å². The van der Waals surface area contributed by atoms with E-state index >= 15 is 0 Å². The van der Waals surface area contributed by atoms with E-state index in [0.717, 1.165) is 14.9 Å². The van der Waals surface area contributed by atoms with Gasteiger partial charge < -0.3 is 4.74 Å². The van der Waals surface area contributed by atoms with Gasteiger partial charge in [0.15, 0.2) is 0 Å². The molecule has 0 atom stereocenters. The second-order valence-corrected chi connectivity index (χ2v) is 5.97. The SMILES string of the molecule is ClCc1cccc(Cl)c1OCc1cc(Br)cs1. The highest BCUT2D eigenvalue weighted by Gasteiger charge is 2.08. The second-order valence-electron chi connectivity index (χ2n) is 3.38. The molecular weight excluding hydrogens is 343 g/mol. The van der Waals surface area contributed by atoms with E-state index < -0.39 is 0 Å². The highest BCUT2D eigenvalue weighted by Crippen LogP contribution is 2.31. The molecular formula is C12H9BrCl2OS. The molecule has 0 aliphatic rings. The van der Waals surface area contributed by atoms with Crippen LogP contribution in [0.15, 0.2) is 34.1 Å². The predicted molar refractivity (Wildman–Crippen MR) is 77.4 cm³/mol. The van der Waals surface area contributed by atoms with E-state index in [9.17, 15) is 0 Å². The summed E-state index contributed by atoms with van der Waals surface area (Å²) in [4.78, 5) is 1.14. The van der Waals surface area contributed by atoms with Gasteiger partial charge in [0.25, 0.3) is 0 Å². The van der Waals surface area contributed by atoms with Crippen LogP contribution in [0.3, 0.4) is 0 Å². The van der Waals surface area contributed by atoms with E-state index in [0.29, 0.717) is 23.3 Å². The van der Waals surface area contributed by atoms with Crippen LogP contribution in [-0.4, -0.2) is 0 Å². The van der Waals surface area contributed by atoms with E-state index in [-0.39, 0.29) is 0 Å². The summed E-state index contributed by atoms with van der Waals surface area (Å²) in [6, 6.07) is 7.62. The molecule has 0 unspecified atom stereocenters. The van der Waals surface area contributed by atoms with Crippen LogP contribution in [0, 0.1) is 0 Å². The zero-order valence-corrected chi connectivity index (χ0v) is 12.7. The summed E-state index contributed by atoms with van der Waals surface area (Å²) in [6.07, 6.45) is 0. The number of thiophene rings is 1. The maximum Gasteiger partial charge on any atom is 0.142 e. The fourth-order valence-electron chi connectivity index (χ4n) is 1.39. The van der Waals surface area contributed by atoms with Crippen molar-refractivity contribution < 1.29 is 4.74 Å². The van der Waals surface area contributed by atoms with Crippen molar-refractivity contribution >= 4 is 50.5 Å². The Labute approximate surface area is 122 Å². The molecule has 2 aromatic rings. The number of benzene rings is 1. The molecule has 17 heavy (non-hydrogen) atoms. The number of para-hydroxylation sites is 1. The van der Waals surface area contributed by atoms with E-state index in [1.807, 2.05) is 23.6 Å². The third-order valence-corrected chi connectivity index (χ3v) is 4.43. The van der Waals surface area contributed by atoms with Gasteiger partial charge in [-0.15, -0.1) is 22.9 Å². The molecule has 0 saturated carbocycles. The standard InChI is InChI=1S/C12H9BrCl2OS/c13-9-4-10(17-7-9)6-16-12-8(5-14)2-1-3-11(12)15/h1-4,7H,5-6H2. The number of rotatable bonds is 4. The van der Waals surface area contributed by atoms with Gasteiger partial charge in [0, 0.05) is 20.3 Å². The van der Waals surface area contributed by atoms with Crippen molar-refractivity contribution in [3.05, 3.63) is 49.6 Å². The van der Waals surface area contributed by atoms with Crippen LogP contribution in [0.5, 0.6) is 5.75 Å². The quantitative estimate of drug-likeness (QED) is 0.662. The average Bonchev–Trinajstić information content (AvgIpc) is 2.73. The molecule has 0 bridgehead atoms. The maximum atomic E-state index is 6.09. The smallest absolute Gasteiger partial charge is 0.142 e. The van der Waals surface area contributed by atoms with Crippen LogP contribution in [0.25, 0.3) is 0 Å². The first-order valence-corrected chi connectivity index (χ1v) is 7.48. The lowest BCUT2D eigenvalue weighted by Gasteiger charge is -2.10. The normalized spacial score (nSPS) is 10.5. The summed E-state index contributed by atoms with van der Waals surface area (Å²) >= 11 is 17.0. The van der Waals surface area contributed by atoms with Gasteiger partial charge in [-0.2, -0.15) is 0 Å². The number of hydrogen-bond donors (Lipinski definition) is 0. The highest BCUT2D eigenvalue weighted by atomic mass is 79.9. The number of ether oxygens (including phenoxy) is 1. The minimum absolute atomic E-state index is 0.393. The van der Waals surface area contributed by atoms with Crippen molar-refractivity contribution in [1.82, 2.24) is 0 Å². The molecule has 90 valence electrons. The summed E-state index contributed by atoms with van der Waals surface area (Å²) in [5, 5.41) is 2.62. The molecule has 0 aliphatic carbocycles. The summed E-state index contributed by atoms with van der Waals surface area (Å²) in [5.74, 6) is 1.07. The van der Waals surface area contributed by atoms with Gasteiger partial charge in [-0.25, -0.2) is 0 Å². The number of hydrogen-bond acceptors (Lipinski definition) is 2. The van der Waals surface area contributed by atoms with Gasteiger partial charge in [-0.05, 0) is 28.1 Å². The number of alkyl halides is 1. The molecule has 0 amide bonds. The zero-order chi connectivity index (χ0) is 12.3. The lowest BCUT2D eigenvalue weighted by molar-refractivity contribution is 0.307. The van der Waals surface area contributed by atoms with Crippen molar-refractivity contribution in [2.24, 2.45) is 0 Å². The molecule has 1 nitrogen and oxygen atoms in total. The van der Waals surface area contributed by atoms with Crippen molar-refractivity contribution in [3.8, 4) is 5.75 Å². The monoisotopic (exact) mass is 350 g/mol. The molecule has 0 spiro atoms. The van der Waals surface area contributed by atoms with Crippen LogP contribution in [0.1, 0.15) is 10.4 Å². The fraction of sp³-hybridized carbons (Fsp3) is 0.167. The van der Waals surface area contributed by atoms with Crippen molar-refractivity contribution in [3.63, 3.8) is 0 Å². The summed E-state index contributed by atoms with van der Waals surface area (Å²) in [6.45, 7) is 0.504. The first kappa shape index (κ1) is 13.2. The Morgan fingerprint density at radius 1 is 1.35 bits per heavy atom. The summed E-state index contributed by atoms with van der Waals surface area (Å²) in [7, 11) is 0. The molecule has 5 heteroatoms. The van der Waals surface area contributed by atoms with Crippen LogP contribution in [0.4, 0.5) is 0 Å². The Balaban J connectivity index is 2.13. The van der Waals surface area contributed by atoms with Crippen LogP contribution in [0.2, 0.25) is 5.02 Å². The van der Waals surface area contributed by atoms with E-state index in [2.05, 4.69) is 15.9 Å². The van der Waals surface area contributed by atoms with Gasteiger partial charge >= 0.3 is 0 Å². The van der Waals surface area contributed by atoms with Crippen molar-refractivity contribution in [1.29, 1.82) is 0 Å². The summed E-state index contributed by atoms with van der Waals surface area (Å²) < 4.78 is 6.80. The zero-order valence-electron chi connectivity index (χ0n) is 8.75. The minimum Gasteiger partial charge on any atom is -0.486 e. The Bertz CT molecular complexity index is 513. The number of halogens is 3. The Morgan fingerprint density at radius 3 is 2.82 bits per heavy atom. The average molecular weight is 352 g/mol. The van der Waals surface area contributed by atoms with Gasteiger partial charge in [0.2, 0.25) is 0 Å². The van der Waals surface area contributed by atoms with E-state index in [1.165, 1.54) is 0 Å². The first-order valence-electron chi connectivity index (χ1n) is 4.90. The Morgan fingerprint density at radius 2 is 2.18 bits per heavy atom. The maximum absolute atomic E-state index is 6.09.